The van der Waals surface area contributed by atoms with Crippen molar-refractivity contribution < 1.29 is 14.3 Å². The number of morpholine rings is 1. The van der Waals surface area contributed by atoms with Gasteiger partial charge in [0.15, 0.2) is 0 Å². The van der Waals surface area contributed by atoms with Crippen LogP contribution >= 0.6 is 0 Å². The van der Waals surface area contributed by atoms with E-state index < -0.39 is 0 Å². The largest absolute Gasteiger partial charge is 0.372 e. The number of aryl methyl sites for hydroxylation is 1. The molecule has 1 aliphatic rings. The summed E-state index contributed by atoms with van der Waals surface area (Å²) in [4.78, 5) is 26.1. The van der Waals surface area contributed by atoms with Gasteiger partial charge in [0, 0.05) is 30.4 Å². The maximum Gasteiger partial charge on any atom is 0.322 e. The van der Waals surface area contributed by atoms with Gasteiger partial charge >= 0.3 is 6.03 Å². The number of hydrogen-bond acceptors (Lipinski definition) is 3. The van der Waals surface area contributed by atoms with Gasteiger partial charge in [-0.25, -0.2) is 4.79 Å². The standard InChI is InChI=1S/C18H27N3O3/c1-11(2)17(22)19-15-7-6-12(3)16(8-15)20-18(23)21-9-13(4)24-14(5)10-21/h6-8,11,13-14H,9-10H2,1-5H3,(H,19,22)(H,20,23). The maximum atomic E-state index is 12.5. The molecule has 0 saturated carbocycles. The van der Waals surface area contributed by atoms with Crippen LogP contribution in [0.2, 0.25) is 0 Å². The van der Waals surface area contributed by atoms with Crippen molar-refractivity contribution in [3.8, 4) is 0 Å². The summed E-state index contributed by atoms with van der Waals surface area (Å²) in [5.74, 6) is -0.146. The minimum absolute atomic E-state index is 0.0252. The van der Waals surface area contributed by atoms with Crippen LogP contribution in [0, 0.1) is 12.8 Å². The summed E-state index contributed by atoms with van der Waals surface area (Å²) in [5, 5.41) is 5.80. The Balaban J connectivity index is 2.08. The Hall–Kier alpha value is -2.08. The molecule has 0 aromatic heterocycles. The quantitative estimate of drug-likeness (QED) is 0.892. The minimum Gasteiger partial charge on any atom is -0.372 e. The van der Waals surface area contributed by atoms with Crippen molar-refractivity contribution in [3.63, 3.8) is 0 Å². The van der Waals surface area contributed by atoms with E-state index in [1.54, 1.807) is 11.0 Å². The van der Waals surface area contributed by atoms with Gasteiger partial charge in [-0.3, -0.25) is 4.79 Å². The lowest BCUT2D eigenvalue weighted by atomic mass is 10.1. The molecule has 0 bridgehead atoms. The van der Waals surface area contributed by atoms with E-state index in [-0.39, 0.29) is 30.1 Å². The van der Waals surface area contributed by atoms with Crippen LogP contribution in [0.3, 0.4) is 0 Å². The van der Waals surface area contributed by atoms with Crippen LogP contribution in [-0.2, 0) is 9.53 Å². The van der Waals surface area contributed by atoms with Gasteiger partial charge in [-0.15, -0.1) is 0 Å². The van der Waals surface area contributed by atoms with E-state index in [0.717, 1.165) is 5.56 Å². The van der Waals surface area contributed by atoms with E-state index in [1.807, 2.05) is 46.8 Å². The molecule has 6 nitrogen and oxygen atoms in total. The summed E-state index contributed by atoms with van der Waals surface area (Å²) >= 11 is 0. The molecule has 24 heavy (non-hydrogen) atoms. The Morgan fingerprint density at radius 3 is 2.38 bits per heavy atom. The minimum atomic E-state index is -0.146. The number of nitrogens with zero attached hydrogens (tertiary/aromatic N) is 1. The zero-order valence-electron chi connectivity index (χ0n) is 15.1. The fraction of sp³-hybridized carbons (Fsp3) is 0.556. The molecular formula is C18H27N3O3. The molecule has 1 aromatic rings. The second kappa shape index (κ2) is 7.66. The number of nitrogens with one attached hydrogen (secondary N) is 2. The van der Waals surface area contributed by atoms with Gasteiger partial charge in [0.25, 0.3) is 0 Å². The average Bonchev–Trinajstić information content (AvgIpc) is 2.49. The van der Waals surface area contributed by atoms with E-state index in [1.165, 1.54) is 0 Å². The monoisotopic (exact) mass is 333 g/mol. The predicted octanol–water partition coefficient (Wildman–Crippen LogP) is 3.23. The van der Waals surface area contributed by atoms with Crippen molar-refractivity contribution in [2.75, 3.05) is 23.7 Å². The number of amides is 3. The number of anilines is 2. The normalized spacial score (nSPS) is 20.8. The molecule has 1 saturated heterocycles. The number of benzene rings is 1. The molecule has 1 heterocycles. The number of ether oxygens (including phenoxy) is 1. The van der Waals surface area contributed by atoms with Crippen molar-refractivity contribution in [3.05, 3.63) is 23.8 Å². The van der Waals surface area contributed by atoms with Crippen LogP contribution in [0.1, 0.15) is 33.3 Å². The summed E-state index contributed by atoms with van der Waals surface area (Å²) < 4.78 is 5.66. The first-order chi connectivity index (χ1) is 11.3. The summed E-state index contributed by atoms with van der Waals surface area (Å²) in [5.41, 5.74) is 2.33. The average molecular weight is 333 g/mol. The topological polar surface area (TPSA) is 70.7 Å². The van der Waals surface area contributed by atoms with Gasteiger partial charge in [-0.2, -0.15) is 0 Å². The molecule has 1 aliphatic heterocycles. The van der Waals surface area contributed by atoms with Crippen LogP contribution in [0.15, 0.2) is 18.2 Å². The van der Waals surface area contributed by atoms with Crippen LogP contribution in [0.4, 0.5) is 16.2 Å². The van der Waals surface area contributed by atoms with Crippen LogP contribution < -0.4 is 10.6 Å². The number of urea groups is 1. The fourth-order valence-corrected chi connectivity index (χ4v) is 2.66. The molecule has 132 valence electrons. The van der Waals surface area contributed by atoms with Gasteiger partial charge < -0.3 is 20.3 Å². The Morgan fingerprint density at radius 1 is 1.17 bits per heavy atom. The van der Waals surface area contributed by atoms with Crippen LogP contribution in [0.25, 0.3) is 0 Å². The van der Waals surface area contributed by atoms with Gasteiger partial charge in [-0.05, 0) is 38.5 Å². The molecule has 2 unspecified atom stereocenters. The Morgan fingerprint density at radius 2 is 1.79 bits per heavy atom. The summed E-state index contributed by atoms with van der Waals surface area (Å²) in [6.07, 6.45) is 0.0505. The number of carbonyl (C=O) groups is 2. The van der Waals surface area contributed by atoms with Crippen molar-refractivity contribution in [2.24, 2.45) is 5.92 Å². The van der Waals surface area contributed by atoms with Crippen LogP contribution in [-0.4, -0.2) is 42.1 Å². The van der Waals surface area contributed by atoms with Crippen molar-refractivity contribution in [2.45, 2.75) is 46.8 Å². The van der Waals surface area contributed by atoms with Crippen LogP contribution in [0.5, 0.6) is 0 Å². The number of hydrogen-bond donors (Lipinski definition) is 2. The highest BCUT2D eigenvalue weighted by Gasteiger charge is 2.26. The molecule has 2 N–H and O–H groups in total. The highest BCUT2D eigenvalue weighted by Crippen LogP contribution is 2.22. The molecule has 0 spiro atoms. The second-order valence-corrected chi connectivity index (χ2v) is 6.77. The predicted molar refractivity (Wildman–Crippen MR) is 95.2 cm³/mol. The molecule has 1 aromatic carbocycles. The molecule has 2 rings (SSSR count). The summed E-state index contributed by atoms with van der Waals surface area (Å²) in [6, 6.07) is 5.37. The molecular weight excluding hydrogens is 306 g/mol. The van der Waals surface area contributed by atoms with E-state index in [4.69, 9.17) is 4.74 Å². The summed E-state index contributed by atoms with van der Waals surface area (Å²) in [6.45, 7) is 10.7. The zero-order chi connectivity index (χ0) is 17.9. The van der Waals surface area contributed by atoms with E-state index in [9.17, 15) is 9.59 Å². The summed E-state index contributed by atoms with van der Waals surface area (Å²) in [7, 11) is 0. The van der Waals surface area contributed by atoms with E-state index in [2.05, 4.69) is 10.6 Å². The molecule has 3 amide bonds. The SMILES string of the molecule is Cc1ccc(NC(=O)C(C)C)cc1NC(=O)N1CC(C)OC(C)C1. The van der Waals surface area contributed by atoms with Crippen molar-refractivity contribution in [1.82, 2.24) is 4.90 Å². The fourth-order valence-electron chi connectivity index (χ4n) is 2.66. The van der Waals surface area contributed by atoms with Crippen molar-refractivity contribution in [1.29, 1.82) is 0 Å². The van der Waals surface area contributed by atoms with Gasteiger partial charge in [0.05, 0.1) is 12.2 Å². The third-order valence-corrected chi connectivity index (χ3v) is 3.98. The highest BCUT2D eigenvalue weighted by atomic mass is 16.5. The van der Waals surface area contributed by atoms with E-state index >= 15 is 0 Å². The Kier molecular flexibility index (Phi) is 5.83. The number of carbonyl (C=O) groups excluding carboxylic acids is 2. The van der Waals surface area contributed by atoms with Gasteiger partial charge in [0.2, 0.25) is 5.91 Å². The first-order valence-electron chi connectivity index (χ1n) is 8.39. The second-order valence-electron chi connectivity index (χ2n) is 6.77. The molecule has 0 aliphatic carbocycles. The third kappa shape index (κ3) is 4.71. The van der Waals surface area contributed by atoms with E-state index in [0.29, 0.717) is 24.5 Å². The Labute approximate surface area is 143 Å². The van der Waals surface area contributed by atoms with Crippen molar-refractivity contribution >= 4 is 23.3 Å². The lowest BCUT2D eigenvalue weighted by molar-refractivity contribution is -0.118. The highest BCUT2D eigenvalue weighted by molar-refractivity contribution is 5.94. The maximum absolute atomic E-state index is 12.5. The first kappa shape index (κ1) is 18.3. The zero-order valence-corrected chi connectivity index (χ0v) is 15.1. The Bertz CT molecular complexity index is 606. The molecule has 6 heteroatoms. The van der Waals surface area contributed by atoms with Gasteiger partial charge in [-0.1, -0.05) is 19.9 Å². The third-order valence-electron chi connectivity index (χ3n) is 3.98. The molecule has 0 radical (unpaired) electrons. The molecule has 2 atom stereocenters. The van der Waals surface area contributed by atoms with Gasteiger partial charge in [0.1, 0.15) is 0 Å². The molecule has 1 fully saturated rings. The lowest BCUT2D eigenvalue weighted by Crippen LogP contribution is -2.49. The lowest BCUT2D eigenvalue weighted by Gasteiger charge is -2.35. The smallest absolute Gasteiger partial charge is 0.322 e. The number of rotatable bonds is 3. The first-order valence-corrected chi connectivity index (χ1v) is 8.39.